The van der Waals surface area contributed by atoms with Crippen molar-refractivity contribution >= 4 is 17.7 Å². The van der Waals surface area contributed by atoms with Crippen LogP contribution in [0.4, 0.5) is 0 Å². The number of carbonyl (C=O) groups is 1. The van der Waals surface area contributed by atoms with Crippen molar-refractivity contribution in [3.8, 4) is 0 Å². The molecule has 0 amide bonds. The second-order valence-corrected chi connectivity index (χ2v) is 7.43. The minimum absolute atomic E-state index is 0.0941. The molecule has 1 N–H and O–H groups in total. The van der Waals surface area contributed by atoms with E-state index >= 15 is 0 Å². The molecule has 2 aliphatic rings. The summed E-state index contributed by atoms with van der Waals surface area (Å²) >= 11 is 1.84. The summed E-state index contributed by atoms with van der Waals surface area (Å²) in [4.78, 5) is 12.6. The molecule has 116 valence electrons. The second-order valence-electron chi connectivity index (χ2n) is 6.33. The zero-order valence-electron chi connectivity index (χ0n) is 12.9. The summed E-state index contributed by atoms with van der Waals surface area (Å²) in [5.41, 5.74) is -0.680. The van der Waals surface area contributed by atoms with Crippen LogP contribution in [-0.4, -0.2) is 48.9 Å². The number of hydrogen-bond donors (Lipinski definition) is 1. The van der Waals surface area contributed by atoms with Gasteiger partial charge in [-0.05, 0) is 37.4 Å². The Labute approximate surface area is 126 Å². The van der Waals surface area contributed by atoms with Crippen LogP contribution in [0.2, 0.25) is 0 Å². The Morgan fingerprint density at radius 3 is 2.90 bits per heavy atom. The molecule has 0 spiro atoms. The minimum atomic E-state index is -0.585. The number of carbonyl (C=O) groups excluding carboxylic acids is 1. The third-order valence-electron chi connectivity index (χ3n) is 4.62. The van der Waals surface area contributed by atoms with E-state index in [0.29, 0.717) is 6.61 Å². The SMILES string of the molecule is CCOC(=O)C1(NCC2CCCO2)CSCCC1(C)C. The van der Waals surface area contributed by atoms with Crippen LogP contribution in [0.3, 0.4) is 0 Å². The van der Waals surface area contributed by atoms with E-state index in [0.717, 1.165) is 43.9 Å². The van der Waals surface area contributed by atoms with E-state index in [9.17, 15) is 4.79 Å². The molecule has 0 aromatic heterocycles. The first-order valence-corrected chi connectivity index (χ1v) is 8.79. The Kier molecular flexibility index (Phi) is 5.37. The molecule has 5 heteroatoms. The molecule has 0 saturated carbocycles. The van der Waals surface area contributed by atoms with Gasteiger partial charge in [-0.3, -0.25) is 5.32 Å². The number of thioether (sulfide) groups is 1. The van der Waals surface area contributed by atoms with Crippen LogP contribution in [0, 0.1) is 5.41 Å². The van der Waals surface area contributed by atoms with Crippen LogP contribution in [0.15, 0.2) is 0 Å². The van der Waals surface area contributed by atoms with Crippen molar-refractivity contribution in [2.75, 3.05) is 31.3 Å². The Morgan fingerprint density at radius 1 is 1.50 bits per heavy atom. The molecule has 0 aliphatic carbocycles. The molecule has 2 rings (SSSR count). The molecule has 0 aromatic carbocycles. The standard InChI is InChI=1S/C15H27NO3S/c1-4-18-13(17)15(11-20-9-7-14(15,2)3)16-10-12-6-5-8-19-12/h12,16H,4-11H2,1-3H3. The van der Waals surface area contributed by atoms with Gasteiger partial charge < -0.3 is 9.47 Å². The van der Waals surface area contributed by atoms with Crippen molar-refractivity contribution in [2.24, 2.45) is 5.41 Å². The Hall–Kier alpha value is -0.260. The molecule has 0 bridgehead atoms. The maximum absolute atomic E-state index is 12.6. The van der Waals surface area contributed by atoms with Gasteiger partial charge in [0.25, 0.3) is 0 Å². The number of ether oxygens (including phenoxy) is 2. The lowest BCUT2D eigenvalue weighted by atomic mass is 9.70. The van der Waals surface area contributed by atoms with Gasteiger partial charge >= 0.3 is 5.97 Å². The summed E-state index contributed by atoms with van der Waals surface area (Å²) in [6.45, 7) is 8.23. The summed E-state index contributed by atoms with van der Waals surface area (Å²) < 4.78 is 11.1. The van der Waals surface area contributed by atoms with E-state index in [1.807, 2.05) is 18.7 Å². The highest BCUT2D eigenvalue weighted by molar-refractivity contribution is 7.99. The minimum Gasteiger partial charge on any atom is -0.465 e. The predicted molar refractivity (Wildman–Crippen MR) is 82.1 cm³/mol. The van der Waals surface area contributed by atoms with E-state index in [1.165, 1.54) is 0 Å². The fourth-order valence-electron chi connectivity index (χ4n) is 3.01. The fourth-order valence-corrected chi connectivity index (χ4v) is 4.72. The van der Waals surface area contributed by atoms with E-state index < -0.39 is 5.54 Å². The molecule has 2 unspecified atom stereocenters. The molecule has 20 heavy (non-hydrogen) atoms. The van der Waals surface area contributed by atoms with E-state index in [1.54, 1.807) is 0 Å². The first kappa shape index (κ1) is 16.1. The third kappa shape index (κ3) is 3.15. The lowest BCUT2D eigenvalue weighted by molar-refractivity contribution is -0.156. The number of hydrogen-bond acceptors (Lipinski definition) is 5. The van der Waals surface area contributed by atoms with Gasteiger partial charge in [0.1, 0.15) is 5.54 Å². The fraction of sp³-hybridized carbons (Fsp3) is 0.933. The highest BCUT2D eigenvalue weighted by atomic mass is 32.2. The van der Waals surface area contributed by atoms with Gasteiger partial charge in [-0.1, -0.05) is 13.8 Å². The first-order chi connectivity index (χ1) is 9.52. The number of rotatable bonds is 5. The molecule has 2 heterocycles. The lowest BCUT2D eigenvalue weighted by Gasteiger charge is -2.48. The normalized spacial score (nSPS) is 33.0. The van der Waals surface area contributed by atoms with E-state index in [2.05, 4.69) is 19.2 Å². The van der Waals surface area contributed by atoms with Gasteiger partial charge in [0.05, 0.1) is 12.7 Å². The maximum Gasteiger partial charge on any atom is 0.327 e. The van der Waals surface area contributed by atoms with Gasteiger partial charge in [0, 0.05) is 18.9 Å². The number of esters is 1. The number of nitrogens with one attached hydrogen (secondary N) is 1. The Bertz CT molecular complexity index is 342. The average molecular weight is 301 g/mol. The molecule has 0 radical (unpaired) electrons. The summed E-state index contributed by atoms with van der Waals surface area (Å²) in [7, 11) is 0. The summed E-state index contributed by atoms with van der Waals surface area (Å²) in [6, 6.07) is 0. The summed E-state index contributed by atoms with van der Waals surface area (Å²) in [6.07, 6.45) is 3.47. The van der Waals surface area contributed by atoms with Crippen molar-refractivity contribution in [3.05, 3.63) is 0 Å². The first-order valence-electron chi connectivity index (χ1n) is 7.63. The van der Waals surface area contributed by atoms with Gasteiger partial charge in [-0.15, -0.1) is 0 Å². The van der Waals surface area contributed by atoms with E-state index in [-0.39, 0.29) is 17.5 Å². The van der Waals surface area contributed by atoms with Crippen molar-refractivity contribution in [1.29, 1.82) is 0 Å². The molecule has 2 fully saturated rings. The van der Waals surface area contributed by atoms with Crippen LogP contribution < -0.4 is 5.32 Å². The quantitative estimate of drug-likeness (QED) is 0.789. The largest absolute Gasteiger partial charge is 0.465 e. The molecule has 2 saturated heterocycles. The monoisotopic (exact) mass is 301 g/mol. The molecular formula is C15H27NO3S. The van der Waals surface area contributed by atoms with Crippen LogP contribution >= 0.6 is 11.8 Å². The van der Waals surface area contributed by atoms with Crippen LogP contribution in [0.1, 0.15) is 40.0 Å². The maximum atomic E-state index is 12.6. The lowest BCUT2D eigenvalue weighted by Crippen LogP contribution is -2.66. The van der Waals surface area contributed by atoms with Gasteiger partial charge in [-0.2, -0.15) is 11.8 Å². The molecule has 4 nitrogen and oxygen atoms in total. The Morgan fingerprint density at radius 2 is 2.30 bits per heavy atom. The van der Waals surface area contributed by atoms with Crippen molar-refractivity contribution in [2.45, 2.75) is 51.7 Å². The molecule has 2 atom stereocenters. The highest BCUT2D eigenvalue weighted by Crippen LogP contribution is 2.43. The van der Waals surface area contributed by atoms with Gasteiger partial charge in [0.15, 0.2) is 0 Å². The zero-order valence-corrected chi connectivity index (χ0v) is 13.7. The zero-order chi connectivity index (χ0) is 14.6. The van der Waals surface area contributed by atoms with E-state index in [4.69, 9.17) is 9.47 Å². The van der Waals surface area contributed by atoms with Gasteiger partial charge in [0.2, 0.25) is 0 Å². The second kappa shape index (κ2) is 6.67. The van der Waals surface area contributed by atoms with Crippen LogP contribution in [0.25, 0.3) is 0 Å². The molecule has 0 aromatic rings. The summed E-state index contributed by atoms with van der Waals surface area (Å²) in [5, 5.41) is 3.53. The topological polar surface area (TPSA) is 47.6 Å². The van der Waals surface area contributed by atoms with Crippen molar-refractivity contribution < 1.29 is 14.3 Å². The van der Waals surface area contributed by atoms with Crippen molar-refractivity contribution in [1.82, 2.24) is 5.32 Å². The highest BCUT2D eigenvalue weighted by Gasteiger charge is 2.53. The molecule has 2 aliphatic heterocycles. The van der Waals surface area contributed by atoms with Crippen molar-refractivity contribution in [3.63, 3.8) is 0 Å². The van der Waals surface area contributed by atoms with Crippen LogP contribution in [-0.2, 0) is 14.3 Å². The van der Waals surface area contributed by atoms with Crippen LogP contribution in [0.5, 0.6) is 0 Å². The average Bonchev–Trinajstić information content (AvgIpc) is 2.90. The molecular weight excluding hydrogens is 274 g/mol. The predicted octanol–water partition coefficient (Wildman–Crippen LogP) is 2.22. The van der Waals surface area contributed by atoms with Gasteiger partial charge in [-0.25, -0.2) is 4.79 Å². The third-order valence-corrected chi connectivity index (χ3v) is 5.75. The summed E-state index contributed by atoms with van der Waals surface area (Å²) in [5.74, 6) is 1.79. The smallest absolute Gasteiger partial charge is 0.327 e. The Balaban J connectivity index is 2.11.